The second-order valence-corrected chi connectivity index (χ2v) is 8.30. The van der Waals surface area contributed by atoms with Gasteiger partial charge < -0.3 is 5.32 Å². The molecule has 2 heterocycles. The van der Waals surface area contributed by atoms with Crippen LogP contribution in [0.15, 0.2) is 48.5 Å². The number of carbonyl (C=O) groups excluding carboxylic acids is 1. The Labute approximate surface area is 190 Å². The maximum absolute atomic E-state index is 12.8. The van der Waals surface area contributed by atoms with Crippen LogP contribution in [0.4, 0.5) is 5.69 Å². The van der Waals surface area contributed by atoms with Gasteiger partial charge in [-0.1, -0.05) is 35.0 Å². The number of halogens is 1. The van der Waals surface area contributed by atoms with Crippen LogP contribution in [-0.4, -0.2) is 49.9 Å². The van der Waals surface area contributed by atoms with E-state index < -0.39 is 4.92 Å². The molecule has 166 valence electrons. The van der Waals surface area contributed by atoms with Crippen molar-refractivity contribution in [1.29, 1.82) is 0 Å². The van der Waals surface area contributed by atoms with Crippen molar-refractivity contribution in [1.82, 2.24) is 25.2 Å². The number of rotatable bonds is 6. The SMILES string of the molecule is Cc1c(C(=O)NC2CCN(Cc3ccc(Cl)cc3)CC2)nnn1-c1cccc([N+](=O)[O-])c1. The second kappa shape index (κ2) is 9.46. The maximum atomic E-state index is 12.8. The number of amides is 1. The predicted molar refractivity (Wildman–Crippen MR) is 120 cm³/mol. The van der Waals surface area contributed by atoms with Crippen molar-refractivity contribution >= 4 is 23.2 Å². The quantitative estimate of drug-likeness (QED) is 0.451. The zero-order valence-electron chi connectivity index (χ0n) is 17.6. The van der Waals surface area contributed by atoms with E-state index in [1.54, 1.807) is 19.1 Å². The molecule has 0 spiro atoms. The summed E-state index contributed by atoms with van der Waals surface area (Å²) in [6.07, 6.45) is 1.69. The predicted octanol–water partition coefficient (Wildman–Crippen LogP) is 3.53. The fraction of sp³-hybridized carbons (Fsp3) is 0.318. The number of nitrogens with one attached hydrogen (secondary N) is 1. The molecule has 0 radical (unpaired) electrons. The molecule has 1 N–H and O–H groups in total. The highest BCUT2D eigenvalue weighted by Gasteiger charge is 2.24. The van der Waals surface area contributed by atoms with E-state index in [1.807, 2.05) is 24.3 Å². The molecule has 0 saturated carbocycles. The molecule has 10 heteroatoms. The van der Waals surface area contributed by atoms with Gasteiger partial charge >= 0.3 is 0 Å². The van der Waals surface area contributed by atoms with Crippen molar-refractivity contribution in [3.05, 3.63) is 80.6 Å². The Hall–Kier alpha value is -3.30. The lowest BCUT2D eigenvalue weighted by atomic mass is 10.0. The summed E-state index contributed by atoms with van der Waals surface area (Å²) in [4.78, 5) is 25.7. The van der Waals surface area contributed by atoms with Crippen LogP contribution in [0.25, 0.3) is 5.69 Å². The molecule has 1 amide bonds. The Morgan fingerprint density at radius 1 is 1.22 bits per heavy atom. The maximum Gasteiger partial charge on any atom is 0.273 e. The summed E-state index contributed by atoms with van der Waals surface area (Å²) in [6, 6.07) is 14.0. The number of nitro benzene ring substituents is 1. The van der Waals surface area contributed by atoms with Crippen LogP contribution in [0.3, 0.4) is 0 Å². The Bertz CT molecular complexity index is 1120. The lowest BCUT2D eigenvalue weighted by Crippen LogP contribution is -2.44. The third kappa shape index (κ3) is 4.95. The van der Waals surface area contributed by atoms with Crippen molar-refractivity contribution in [2.75, 3.05) is 13.1 Å². The number of benzene rings is 2. The Morgan fingerprint density at radius 2 is 1.94 bits per heavy atom. The molecular weight excluding hydrogens is 432 g/mol. The molecule has 0 atom stereocenters. The third-order valence-electron chi connectivity index (χ3n) is 5.64. The summed E-state index contributed by atoms with van der Waals surface area (Å²) in [5, 5.41) is 22.9. The molecule has 0 bridgehead atoms. The Kier molecular flexibility index (Phi) is 6.48. The van der Waals surface area contributed by atoms with Gasteiger partial charge in [-0.3, -0.25) is 19.8 Å². The van der Waals surface area contributed by atoms with Gasteiger partial charge in [0, 0.05) is 42.8 Å². The summed E-state index contributed by atoms with van der Waals surface area (Å²) in [5.41, 5.74) is 2.40. The Morgan fingerprint density at radius 3 is 2.62 bits per heavy atom. The van der Waals surface area contributed by atoms with E-state index >= 15 is 0 Å². The molecule has 2 aromatic carbocycles. The first-order valence-corrected chi connectivity index (χ1v) is 10.7. The van der Waals surface area contributed by atoms with Crippen LogP contribution in [0, 0.1) is 17.0 Å². The summed E-state index contributed by atoms with van der Waals surface area (Å²) in [7, 11) is 0. The average molecular weight is 455 g/mol. The highest BCUT2D eigenvalue weighted by Crippen LogP contribution is 2.19. The molecule has 1 saturated heterocycles. The number of hydrogen-bond acceptors (Lipinski definition) is 6. The molecule has 3 aromatic rings. The molecule has 4 rings (SSSR count). The fourth-order valence-corrected chi connectivity index (χ4v) is 3.99. The fourth-order valence-electron chi connectivity index (χ4n) is 3.86. The van der Waals surface area contributed by atoms with Gasteiger partial charge in [0.25, 0.3) is 11.6 Å². The number of likely N-dealkylation sites (tertiary alicyclic amines) is 1. The number of nitro groups is 1. The molecule has 32 heavy (non-hydrogen) atoms. The van der Waals surface area contributed by atoms with Crippen LogP contribution in [-0.2, 0) is 6.54 Å². The van der Waals surface area contributed by atoms with Crippen molar-refractivity contribution in [3.63, 3.8) is 0 Å². The molecule has 0 unspecified atom stereocenters. The smallest absolute Gasteiger partial charge is 0.273 e. The molecular formula is C22H23ClN6O3. The van der Waals surface area contributed by atoms with Gasteiger partial charge in [-0.25, -0.2) is 4.68 Å². The Balaban J connectivity index is 1.35. The largest absolute Gasteiger partial charge is 0.348 e. The highest BCUT2D eigenvalue weighted by molar-refractivity contribution is 6.30. The number of non-ortho nitro benzene ring substituents is 1. The standard InChI is InChI=1S/C22H23ClN6O3/c1-15-21(25-26-28(15)19-3-2-4-20(13-19)29(31)32)22(30)24-18-9-11-27(12-10-18)14-16-5-7-17(23)8-6-16/h2-8,13,18H,9-12,14H2,1H3,(H,24,30). The number of carbonyl (C=O) groups is 1. The van der Waals surface area contributed by atoms with Gasteiger partial charge in [0.1, 0.15) is 0 Å². The third-order valence-corrected chi connectivity index (χ3v) is 5.89. The molecule has 1 aliphatic rings. The highest BCUT2D eigenvalue weighted by atomic mass is 35.5. The van der Waals surface area contributed by atoms with E-state index in [2.05, 4.69) is 20.5 Å². The van der Waals surface area contributed by atoms with Gasteiger partial charge in [-0.15, -0.1) is 5.10 Å². The minimum Gasteiger partial charge on any atom is -0.348 e. The van der Waals surface area contributed by atoms with Crippen LogP contribution < -0.4 is 5.32 Å². The van der Waals surface area contributed by atoms with Gasteiger partial charge in [0.15, 0.2) is 5.69 Å². The van der Waals surface area contributed by atoms with Crippen LogP contribution >= 0.6 is 11.6 Å². The topological polar surface area (TPSA) is 106 Å². The van der Waals surface area contributed by atoms with Crippen LogP contribution in [0.1, 0.15) is 34.6 Å². The van der Waals surface area contributed by atoms with Crippen LogP contribution in [0.5, 0.6) is 0 Å². The number of nitrogens with zero attached hydrogens (tertiary/aromatic N) is 5. The molecule has 9 nitrogen and oxygen atoms in total. The first-order chi connectivity index (χ1) is 15.4. The minimum absolute atomic E-state index is 0.0474. The van der Waals surface area contributed by atoms with E-state index in [0.29, 0.717) is 11.4 Å². The number of piperidine rings is 1. The first kappa shape index (κ1) is 21.9. The van der Waals surface area contributed by atoms with Gasteiger partial charge in [0.05, 0.1) is 16.3 Å². The summed E-state index contributed by atoms with van der Waals surface area (Å²) in [5.74, 6) is -0.282. The second-order valence-electron chi connectivity index (χ2n) is 7.86. The zero-order valence-corrected chi connectivity index (χ0v) is 18.3. The summed E-state index contributed by atoms with van der Waals surface area (Å²) in [6.45, 7) is 4.34. The van der Waals surface area contributed by atoms with E-state index in [0.717, 1.165) is 37.5 Å². The van der Waals surface area contributed by atoms with E-state index in [1.165, 1.54) is 22.4 Å². The average Bonchev–Trinajstić information content (AvgIpc) is 3.18. The van der Waals surface area contributed by atoms with E-state index in [-0.39, 0.29) is 23.3 Å². The van der Waals surface area contributed by atoms with Crippen molar-refractivity contribution < 1.29 is 9.72 Å². The van der Waals surface area contributed by atoms with Gasteiger partial charge in [-0.05, 0) is 43.5 Å². The first-order valence-electron chi connectivity index (χ1n) is 10.4. The van der Waals surface area contributed by atoms with Gasteiger partial charge in [-0.2, -0.15) is 0 Å². The zero-order chi connectivity index (χ0) is 22.7. The van der Waals surface area contributed by atoms with Crippen molar-refractivity contribution in [3.8, 4) is 5.69 Å². The molecule has 1 fully saturated rings. The summed E-state index contributed by atoms with van der Waals surface area (Å²) >= 11 is 5.95. The normalized spacial score (nSPS) is 14.9. The summed E-state index contributed by atoms with van der Waals surface area (Å²) < 4.78 is 1.44. The van der Waals surface area contributed by atoms with E-state index in [4.69, 9.17) is 11.6 Å². The minimum atomic E-state index is -0.470. The van der Waals surface area contributed by atoms with Crippen molar-refractivity contribution in [2.24, 2.45) is 0 Å². The van der Waals surface area contributed by atoms with Crippen LogP contribution in [0.2, 0.25) is 5.02 Å². The number of aromatic nitrogens is 3. The molecule has 1 aromatic heterocycles. The van der Waals surface area contributed by atoms with E-state index in [9.17, 15) is 14.9 Å². The number of hydrogen-bond donors (Lipinski definition) is 1. The van der Waals surface area contributed by atoms with Gasteiger partial charge in [0.2, 0.25) is 0 Å². The monoisotopic (exact) mass is 454 g/mol. The lowest BCUT2D eigenvalue weighted by molar-refractivity contribution is -0.384. The molecule has 0 aliphatic carbocycles. The lowest BCUT2D eigenvalue weighted by Gasteiger charge is -2.32. The molecule has 1 aliphatic heterocycles. The van der Waals surface area contributed by atoms with Crippen molar-refractivity contribution in [2.45, 2.75) is 32.4 Å².